The molecule has 114 valence electrons. The molecule has 2 unspecified atom stereocenters. The van der Waals surface area contributed by atoms with E-state index in [1.807, 2.05) is 0 Å². The van der Waals surface area contributed by atoms with Crippen molar-refractivity contribution in [1.29, 1.82) is 0 Å². The summed E-state index contributed by atoms with van der Waals surface area (Å²) in [6, 6.07) is 0.202. The molecule has 5 heteroatoms. The Morgan fingerprint density at radius 2 is 2.20 bits per heavy atom. The Balaban J connectivity index is 2.02. The summed E-state index contributed by atoms with van der Waals surface area (Å²) in [6.07, 6.45) is 0.710. The fourth-order valence-electron chi connectivity index (χ4n) is 2.30. The van der Waals surface area contributed by atoms with Crippen molar-refractivity contribution < 1.29 is 9.84 Å². The number of aromatic nitrogens is 1. The standard InChI is InChI=1S/C15H26N2O2S/c1-10(16-8-15(18)6-7-19-9-15)12-11(2)17-13(20-12)14(3,4)5/h10,16,18H,6-9H2,1-5H3. The van der Waals surface area contributed by atoms with E-state index in [1.165, 1.54) is 9.88 Å². The van der Waals surface area contributed by atoms with Crippen molar-refractivity contribution in [2.75, 3.05) is 19.8 Å². The molecule has 1 saturated heterocycles. The van der Waals surface area contributed by atoms with Gasteiger partial charge in [0.2, 0.25) is 0 Å². The van der Waals surface area contributed by atoms with Gasteiger partial charge < -0.3 is 15.2 Å². The Bertz CT molecular complexity index is 459. The zero-order chi connectivity index (χ0) is 15.0. The number of nitrogens with one attached hydrogen (secondary N) is 1. The van der Waals surface area contributed by atoms with Gasteiger partial charge in [0, 0.05) is 35.9 Å². The number of ether oxygens (including phenoxy) is 1. The molecular formula is C15H26N2O2S. The van der Waals surface area contributed by atoms with Crippen LogP contribution in [0, 0.1) is 6.92 Å². The topological polar surface area (TPSA) is 54.4 Å². The van der Waals surface area contributed by atoms with E-state index in [0.717, 1.165) is 5.69 Å². The van der Waals surface area contributed by atoms with Crippen molar-refractivity contribution in [3.63, 3.8) is 0 Å². The monoisotopic (exact) mass is 298 g/mol. The Morgan fingerprint density at radius 3 is 2.70 bits per heavy atom. The van der Waals surface area contributed by atoms with Crippen LogP contribution in [-0.4, -0.2) is 35.5 Å². The van der Waals surface area contributed by atoms with E-state index in [1.54, 1.807) is 11.3 Å². The fraction of sp³-hybridized carbons (Fsp3) is 0.800. The molecule has 1 aliphatic heterocycles. The molecule has 2 N–H and O–H groups in total. The zero-order valence-corrected chi connectivity index (χ0v) is 13.9. The third-order valence-corrected chi connectivity index (χ3v) is 5.45. The van der Waals surface area contributed by atoms with Gasteiger partial charge in [0.05, 0.1) is 17.3 Å². The Morgan fingerprint density at radius 1 is 1.50 bits per heavy atom. The van der Waals surface area contributed by atoms with E-state index in [-0.39, 0.29) is 11.5 Å². The molecule has 1 aliphatic rings. The van der Waals surface area contributed by atoms with Crippen molar-refractivity contribution >= 4 is 11.3 Å². The average molecular weight is 298 g/mol. The van der Waals surface area contributed by atoms with Crippen molar-refractivity contribution in [2.24, 2.45) is 0 Å². The number of hydrogen-bond acceptors (Lipinski definition) is 5. The SMILES string of the molecule is Cc1nc(C(C)(C)C)sc1C(C)NCC1(O)CCOC1. The van der Waals surface area contributed by atoms with Crippen LogP contribution in [0.3, 0.4) is 0 Å². The van der Waals surface area contributed by atoms with Crippen molar-refractivity contribution in [3.8, 4) is 0 Å². The van der Waals surface area contributed by atoms with Crippen LogP contribution in [0.5, 0.6) is 0 Å². The van der Waals surface area contributed by atoms with Gasteiger partial charge >= 0.3 is 0 Å². The lowest BCUT2D eigenvalue weighted by molar-refractivity contribution is 0.0252. The largest absolute Gasteiger partial charge is 0.386 e. The summed E-state index contributed by atoms with van der Waals surface area (Å²) < 4.78 is 5.27. The molecule has 20 heavy (non-hydrogen) atoms. The van der Waals surface area contributed by atoms with Crippen LogP contribution in [0.4, 0.5) is 0 Å². The molecule has 0 aliphatic carbocycles. The lowest BCUT2D eigenvalue weighted by atomic mass is 9.98. The summed E-state index contributed by atoms with van der Waals surface area (Å²) in [4.78, 5) is 5.95. The van der Waals surface area contributed by atoms with Crippen LogP contribution in [0.2, 0.25) is 0 Å². The van der Waals surface area contributed by atoms with Crippen molar-refractivity contribution in [1.82, 2.24) is 10.3 Å². The number of hydrogen-bond donors (Lipinski definition) is 2. The van der Waals surface area contributed by atoms with Gasteiger partial charge in [-0.15, -0.1) is 11.3 Å². The van der Waals surface area contributed by atoms with Crippen molar-refractivity contribution in [2.45, 2.75) is 58.1 Å². The normalized spacial score (nSPS) is 25.1. The molecule has 1 aromatic rings. The highest BCUT2D eigenvalue weighted by Gasteiger charge is 2.32. The minimum absolute atomic E-state index is 0.0882. The maximum absolute atomic E-state index is 10.3. The van der Waals surface area contributed by atoms with E-state index in [2.05, 4.69) is 39.9 Å². The first-order valence-corrected chi connectivity index (χ1v) is 8.04. The second kappa shape index (κ2) is 5.72. The fourth-order valence-corrected chi connectivity index (χ4v) is 3.45. The van der Waals surface area contributed by atoms with Gasteiger partial charge in [-0.25, -0.2) is 4.98 Å². The van der Waals surface area contributed by atoms with Crippen LogP contribution in [0.15, 0.2) is 0 Å². The summed E-state index contributed by atoms with van der Waals surface area (Å²) in [7, 11) is 0. The maximum Gasteiger partial charge on any atom is 0.103 e. The second-order valence-corrected chi connectivity index (χ2v) is 7.88. The van der Waals surface area contributed by atoms with Gasteiger partial charge in [-0.1, -0.05) is 20.8 Å². The Labute approximate surface area is 125 Å². The van der Waals surface area contributed by atoms with Gasteiger partial charge in [0.1, 0.15) is 5.60 Å². The molecule has 2 rings (SSSR count). The molecule has 4 nitrogen and oxygen atoms in total. The predicted octanol–water partition coefficient (Wildman–Crippen LogP) is 2.55. The first-order valence-electron chi connectivity index (χ1n) is 7.23. The molecule has 2 atom stereocenters. The van der Waals surface area contributed by atoms with Gasteiger partial charge in [0.15, 0.2) is 0 Å². The van der Waals surface area contributed by atoms with Crippen LogP contribution in [-0.2, 0) is 10.2 Å². The van der Waals surface area contributed by atoms with Crippen LogP contribution in [0.25, 0.3) is 0 Å². The minimum Gasteiger partial charge on any atom is -0.386 e. The summed E-state index contributed by atoms with van der Waals surface area (Å²) in [6.45, 7) is 12.4. The predicted molar refractivity (Wildman–Crippen MR) is 82.4 cm³/mol. The third-order valence-electron chi connectivity index (χ3n) is 3.69. The maximum atomic E-state index is 10.3. The number of thiazole rings is 1. The highest BCUT2D eigenvalue weighted by Crippen LogP contribution is 2.32. The molecule has 0 bridgehead atoms. The van der Waals surface area contributed by atoms with Gasteiger partial charge in [-0.2, -0.15) is 0 Å². The Kier molecular flexibility index (Phi) is 4.54. The molecule has 1 aromatic heterocycles. The zero-order valence-electron chi connectivity index (χ0n) is 13.1. The van der Waals surface area contributed by atoms with Gasteiger partial charge in [0.25, 0.3) is 0 Å². The quantitative estimate of drug-likeness (QED) is 0.897. The molecule has 2 heterocycles. The highest BCUT2D eigenvalue weighted by atomic mass is 32.1. The summed E-state index contributed by atoms with van der Waals surface area (Å²) in [5.41, 5.74) is 0.472. The molecule has 0 spiro atoms. The molecule has 0 radical (unpaired) electrons. The lowest BCUT2D eigenvalue weighted by Crippen LogP contribution is -2.41. The minimum atomic E-state index is -0.709. The first kappa shape index (κ1) is 15.9. The summed E-state index contributed by atoms with van der Waals surface area (Å²) >= 11 is 1.77. The lowest BCUT2D eigenvalue weighted by Gasteiger charge is -2.23. The summed E-state index contributed by atoms with van der Waals surface area (Å²) in [5, 5.41) is 14.9. The van der Waals surface area contributed by atoms with Crippen LogP contribution >= 0.6 is 11.3 Å². The number of rotatable bonds is 4. The number of aliphatic hydroxyl groups is 1. The first-order chi connectivity index (χ1) is 9.21. The number of nitrogens with zero attached hydrogens (tertiary/aromatic N) is 1. The molecule has 0 amide bonds. The van der Waals surface area contributed by atoms with Gasteiger partial charge in [-0.3, -0.25) is 0 Å². The van der Waals surface area contributed by atoms with E-state index < -0.39 is 5.60 Å². The Hall–Kier alpha value is -0.490. The highest BCUT2D eigenvalue weighted by molar-refractivity contribution is 7.12. The second-order valence-electron chi connectivity index (χ2n) is 6.85. The smallest absolute Gasteiger partial charge is 0.103 e. The van der Waals surface area contributed by atoms with Crippen molar-refractivity contribution in [3.05, 3.63) is 15.6 Å². The van der Waals surface area contributed by atoms with E-state index in [0.29, 0.717) is 26.2 Å². The van der Waals surface area contributed by atoms with E-state index in [4.69, 9.17) is 9.72 Å². The molecule has 0 saturated carbocycles. The molecule has 1 fully saturated rings. The van der Waals surface area contributed by atoms with Crippen LogP contribution in [0.1, 0.15) is 55.7 Å². The average Bonchev–Trinajstić information content (AvgIpc) is 2.93. The van der Waals surface area contributed by atoms with E-state index in [9.17, 15) is 5.11 Å². The molecular weight excluding hydrogens is 272 g/mol. The van der Waals surface area contributed by atoms with Gasteiger partial charge in [-0.05, 0) is 13.8 Å². The third kappa shape index (κ3) is 3.58. The number of aryl methyl sites for hydroxylation is 1. The van der Waals surface area contributed by atoms with E-state index >= 15 is 0 Å². The molecule has 0 aromatic carbocycles. The van der Waals surface area contributed by atoms with Crippen LogP contribution < -0.4 is 5.32 Å². The summed E-state index contributed by atoms with van der Waals surface area (Å²) in [5.74, 6) is 0.